The van der Waals surface area contributed by atoms with Crippen molar-refractivity contribution in [3.05, 3.63) is 11.5 Å². The van der Waals surface area contributed by atoms with Crippen molar-refractivity contribution in [3.8, 4) is 0 Å². The number of hydrogen-bond donors (Lipinski definition) is 3. The highest BCUT2D eigenvalue weighted by Gasteiger charge is 2.16. The van der Waals surface area contributed by atoms with E-state index in [1.54, 1.807) is 5.10 Å². The lowest BCUT2D eigenvalue weighted by atomic mass is 10.3. The molecular formula is C4H4FN3O2. The lowest BCUT2D eigenvalue weighted by molar-refractivity contribution is 0.0693. The lowest BCUT2D eigenvalue weighted by Crippen LogP contribution is -2.01. The van der Waals surface area contributed by atoms with Crippen LogP contribution < -0.4 is 5.73 Å². The summed E-state index contributed by atoms with van der Waals surface area (Å²) in [6.07, 6.45) is 0. The summed E-state index contributed by atoms with van der Waals surface area (Å²) in [7, 11) is 0. The Bertz CT molecular complexity index is 250. The van der Waals surface area contributed by atoms with Gasteiger partial charge in [-0.25, -0.2) is 4.79 Å². The molecule has 6 heteroatoms. The third-order valence-electron chi connectivity index (χ3n) is 0.964. The van der Waals surface area contributed by atoms with Crippen molar-refractivity contribution >= 4 is 11.8 Å². The molecule has 0 unspecified atom stereocenters. The largest absolute Gasteiger partial charge is 0.477 e. The SMILES string of the molecule is Nc1n[nH]c(F)c1C(=O)O. The molecule has 10 heavy (non-hydrogen) atoms. The van der Waals surface area contributed by atoms with Gasteiger partial charge in [0.2, 0.25) is 5.95 Å². The average Bonchev–Trinajstić information content (AvgIpc) is 2.11. The van der Waals surface area contributed by atoms with Gasteiger partial charge in [0.25, 0.3) is 0 Å². The highest BCUT2D eigenvalue weighted by Crippen LogP contribution is 2.10. The minimum Gasteiger partial charge on any atom is -0.477 e. The van der Waals surface area contributed by atoms with Crippen molar-refractivity contribution in [2.45, 2.75) is 0 Å². The first kappa shape index (κ1) is 6.53. The molecule has 1 rings (SSSR count). The highest BCUT2D eigenvalue weighted by atomic mass is 19.1. The molecule has 0 atom stereocenters. The number of H-pyrrole nitrogens is 1. The van der Waals surface area contributed by atoms with Gasteiger partial charge < -0.3 is 10.8 Å². The van der Waals surface area contributed by atoms with Gasteiger partial charge in [0, 0.05) is 0 Å². The number of hydrogen-bond acceptors (Lipinski definition) is 3. The second-order valence-corrected chi connectivity index (χ2v) is 1.60. The standard InChI is InChI=1S/C4H4FN3O2/c5-2-1(4(9)10)3(6)8-7-2/h(H,9,10)(H3,6,7,8). The van der Waals surface area contributed by atoms with Crippen LogP contribution in [0, 0.1) is 5.95 Å². The van der Waals surface area contributed by atoms with E-state index in [0.717, 1.165) is 0 Å². The molecule has 1 aromatic rings. The van der Waals surface area contributed by atoms with Crippen LogP contribution in [0.15, 0.2) is 0 Å². The molecule has 0 aliphatic heterocycles. The Morgan fingerprint density at radius 3 is 2.60 bits per heavy atom. The van der Waals surface area contributed by atoms with Crippen molar-refractivity contribution in [1.29, 1.82) is 0 Å². The average molecular weight is 145 g/mol. The van der Waals surface area contributed by atoms with Crippen molar-refractivity contribution < 1.29 is 14.3 Å². The van der Waals surface area contributed by atoms with Crippen molar-refractivity contribution in [2.75, 3.05) is 5.73 Å². The maximum atomic E-state index is 12.3. The Morgan fingerprint density at radius 1 is 1.80 bits per heavy atom. The highest BCUT2D eigenvalue weighted by molar-refractivity contribution is 5.92. The molecule has 0 saturated heterocycles. The number of nitrogen functional groups attached to an aromatic ring is 1. The van der Waals surface area contributed by atoms with E-state index in [9.17, 15) is 9.18 Å². The first-order valence-corrected chi connectivity index (χ1v) is 2.35. The number of aromatic nitrogens is 2. The van der Waals surface area contributed by atoms with Crippen LogP contribution in [-0.2, 0) is 0 Å². The van der Waals surface area contributed by atoms with E-state index in [1.807, 2.05) is 0 Å². The molecular weight excluding hydrogens is 141 g/mol. The minimum absolute atomic E-state index is 0.343. The monoisotopic (exact) mass is 145 g/mol. The van der Waals surface area contributed by atoms with Crippen LogP contribution in [0.25, 0.3) is 0 Å². The molecule has 0 aliphatic carbocycles. The fourth-order valence-electron chi connectivity index (χ4n) is 0.537. The quantitative estimate of drug-likeness (QED) is 0.511. The molecule has 4 N–H and O–H groups in total. The van der Waals surface area contributed by atoms with Gasteiger partial charge in [-0.15, -0.1) is 0 Å². The van der Waals surface area contributed by atoms with Gasteiger partial charge in [0.15, 0.2) is 11.4 Å². The minimum atomic E-state index is -1.43. The first-order chi connectivity index (χ1) is 4.63. The van der Waals surface area contributed by atoms with Gasteiger partial charge in [-0.05, 0) is 0 Å². The van der Waals surface area contributed by atoms with Gasteiger partial charge in [0.1, 0.15) is 0 Å². The van der Waals surface area contributed by atoms with Gasteiger partial charge in [0.05, 0.1) is 0 Å². The Labute approximate surface area is 54.7 Å². The third kappa shape index (κ3) is 0.790. The first-order valence-electron chi connectivity index (χ1n) is 2.35. The molecule has 54 valence electrons. The zero-order valence-corrected chi connectivity index (χ0v) is 4.76. The summed E-state index contributed by atoms with van der Waals surface area (Å²) in [6.45, 7) is 0. The maximum Gasteiger partial charge on any atom is 0.344 e. The van der Waals surface area contributed by atoms with Crippen molar-refractivity contribution in [3.63, 3.8) is 0 Å². The number of halogens is 1. The number of rotatable bonds is 1. The second kappa shape index (κ2) is 1.98. The van der Waals surface area contributed by atoms with Crippen LogP contribution in [0.2, 0.25) is 0 Å². The van der Waals surface area contributed by atoms with E-state index < -0.39 is 17.5 Å². The van der Waals surface area contributed by atoms with Crippen LogP contribution in [0.3, 0.4) is 0 Å². The molecule has 0 saturated carbocycles. The molecule has 5 nitrogen and oxygen atoms in total. The molecule has 0 spiro atoms. The maximum absolute atomic E-state index is 12.3. The molecule has 1 heterocycles. The zero-order chi connectivity index (χ0) is 7.72. The number of aromatic amines is 1. The van der Waals surface area contributed by atoms with E-state index in [4.69, 9.17) is 10.8 Å². The van der Waals surface area contributed by atoms with E-state index in [-0.39, 0.29) is 5.82 Å². The topological polar surface area (TPSA) is 92.0 Å². The molecule has 0 amide bonds. The summed E-state index contributed by atoms with van der Waals surface area (Å²) in [5.74, 6) is -2.79. The number of nitrogens with two attached hydrogens (primary N) is 1. The van der Waals surface area contributed by atoms with Crippen molar-refractivity contribution in [1.82, 2.24) is 10.2 Å². The number of nitrogens with zero attached hydrogens (tertiary/aromatic N) is 1. The summed E-state index contributed by atoms with van der Waals surface area (Å²) in [5.41, 5.74) is 4.37. The van der Waals surface area contributed by atoms with Crippen LogP contribution in [0.1, 0.15) is 10.4 Å². The Balaban J connectivity index is 3.23. The number of carboxylic acid groups (broad SMARTS) is 1. The summed E-state index contributed by atoms with van der Waals surface area (Å²) < 4.78 is 12.3. The smallest absolute Gasteiger partial charge is 0.344 e. The van der Waals surface area contributed by atoms with Gasteiger partial charge in [-0.3, -0.25) is 5.10 Å². The summed E-state index contributed by atoms with van der Waals surface area (Å²) in [6, 6.07) is 0. The van der Waals surface area contributed by atoms with E-state index in [0.29, 0.717) is 0 Å². The lowest BCUT2D eigenvalue weighted by Gasteiger charge is -1.86. The van der Waals surface area contributed by atoms with Gasteiger partial charge in [-0.1, -0.05) is 0 Å². The molecule has 0 fully saturated rings. The van der Waals surface area contributed by atoms with Crippen molar-refractivity contribution in [2.24, 2.45) is 0 Å². The van der Waals surface area contributed by atoms with Crippen LogP contribution in [0.4, 0.5) is 10.2 Å². The van der Waals surface area contributed by atoms with Crippen LogP contribution in [-0.4, -0.2) is 21.3 Å². The van der Waals surface area contributed by atoms with Gasteiger partial charge >= 0.3 is 5.97 Å². The molecule has 0 aliphatic rings. The Morgan fingerprint density at radius 2 is 2.40 bits per heavy atom. The predicted molar refractivity (Wildman–Crippen MR) is 29.9 cm³/mol. The predicted octanol–water partition coefficient (Wildman–Crippen LogP) is -0.171. The van der Waals surface area contributed by atoms with E-state index in [2.05, 4.69) is 5.10 Å². The molecule has 0 bridgehead atoms. The zero-order valence-electron chi connectivity index (χ0n) is 4.76. The number of nitrogens with one attached hydrogen (secondary N) is 1. The fraction of sp³-hybridized carbons (Fsp3) is 0. The summed E-state index contributed by atoms with van der Waals surface area (Å²) >= 11 is 0. The van der Waals surface area contributed by atoms with E-state index >= 15 is 0 Å². The molecule has 1 aromatic heterocycles. The van der Waals surface area contributed by atoms with Crippen LogP contribution in [0.5, 0.6) is 0 Å². The number of carboxylic acids is 1. The Hall–Kier alpha value is -1.59. The third-order valence-corrected chi connectivity index (χ3v) is 0.964. The summed E-state index contributed by atoms with van der Waals surface area (Å²) in [5, 5.41) is 13.2. The number of carbonyl (C=O) groups is 1. The second-order valence-electron chi connectivity index (χ2n) is 1.60. The number of aromatic carboxylic acids is 1. The van der Waals surface area contributed by atoms with Crippen LogP contribution >= 0.6 is 0 Å². The fourth-order valence-corrected chi connectivity index (χ4v) is 0.537. The Kier molecular flexibility index (Phi) is 1.29. The summed E-state index contributed by atoms with van der Waals surface area (Å²) in [4.78, 5) is 10.1. The molecule has 0 radical (unpaired) electrons. The van der Waals surface area contributed by atoms with Gasteiger partial charge in [-0.2, -0.15) is 9.49 Å². The van der Waals surface area contributed by atoms with E-state index in [1.165, 1.54) is 0 Å². The normalized spacial score (nSPS) is 9.70. The number of anilines is 1. The molecule has 0 aromatic carbocycles.